The summed E-state index contributed by atoms with van der Waals surface area (Å²) in [4.78, 5) is 28.2. The number of likely N-dealkylation sites (tertiary alicyclic amines) is 1. The first-order chi connectivity index (χ1) is 17.8. The molecule has 0 atom stereocenters. The van der Waals surface area contributed by atoms with Gasteiger partial charge < -0.3 is 14.5 Å². The predicted molar refractivity (Wildman–Crippen MR) is 140 cm³/mol. The molecule has 7 nitrogen and oxygen atoms in total. The number of benzene rings is 1. The molecule has 1 aromatic carbocycles. The van der Waals surface area contributed by atoms with Crippen molar-refractivity contribution in [1.82, 2.24) is 19.8 Å². The number of ether oxygens (including phenoxy) is 1. The highest BCUT2D eigenvalue weighted by Gasteiger charge is 2.52. The third kappa shape index (κ3) is 4.90. The third-order valence-corrected chi connectivity index (χ3v) is 7.58. The van der Waals surface area contributed by atoms with Crippen LogP contribution in [0.5, 0.6) is 5.88 Å². The molecule has 1 amide bonds. The molecule has 196 valence electrons. The minimum Gasteiger partial charge on any atom is -0.478 e. The van der Waals surface area contributed by atoms with Crippen LogP contribution in [0.2, 0.25) is 0 Å². The van der Waals surface area contributed by atoms with Crippen molar-refractivity contribution < 1.29 is 18.3 Å². The summed E-state index contributed by atoms with van der Waals surface area (Å²) >= 11 is 0. The van der Waals surface area contributed by atoms with Gasteiger partial charge in [0.15, 0.2) is 0 Å². The van der Waals surface area contributed by atoms with E-state index in [2.05, 4.69) is 20.9 Å². The molecule has 0 unspecified atom stereocenters. The van der Waals surface area contributed by atoms with Gasteiger partial charge in [-0.3, -0.25) is 14.7 Å². The standard InChI is InChI=1S/C28H33F2N5O2/c1-33(2)11-4-14-37-25-8-6-20(16-32-25)19-5-7-22-21(15-19)26-23(17-31-22)34(3)27(36)28(26)9-12-35(13-10-28)18-24(29)30/h5-8,15-17,24H,4,9-14,18H2,1-3H3. The normalized spacial score (nSPS) is 17.4. The van der Waals surface area contributed by atoms with Crippen molar-refractivity contribution in [3.63, 3.8) is 0 Å². The molecule has 0 radical (unpaired) electrons. The number of hydrogen-bond acceptors (Lipinski definition) is 6. The van der Waals surface area contributed by atoms with Crippen LogP contribution in [0.3, 0.4) is 0 Å². The van der Waals surface area contributed by atoms with Crippen LogP contribution in [0.4, 0.5) is 14.5 Å². The average Bonchev–Trinajstić information content (AvgIpc) is 3.09. The molecule has 4 heterocycles. The number of pyridine rings is 2. The van der Waals surface area contributed by atoms with Crippen molar-refractivity contribution in [2.24, 2.45) is 0 Å². The molecule has 2 aromatic heterocycles. The van der Waals surface area contributed by atoms with Crippen LogP contribution >= 0.6 is 0 Å². The summed E-state index contributed by atoms with van der Waals surface area (Å²) in [7, 11) is 5.85. The highest BCUT2D eigenvalue weighted by Crippen LogP contribution is 2.50. The second-order valence-corrected chi connectivity index (χ2v) is 10.3. The molecule has 5 rings (SSSR count). The lowest BCUT2D eigenvalue weighted by molar-refractivity contribution is -0.124. The van der Waals surface area contributed by atoms with Crippen molar-refractivity contribution in [3.8, 4) is 17.0 Å². The molecule has 2 aliphatic rings. The Bertz CT molecular complexity index is 1270. The Kier molecular flexibility index (Phi) is 7.09. The largest absolute Gasteiger partial charge is 0.478 e. The van der Waals surface area contributed by atoms with E-state index in [-0.39, 0.29) is 12.5 Å². The van der Waals surface area contributed by atoms with Gasteiger partial charge in [-0.15, -0.1) is 0 Å². The quantitative estimate of drug-likeness (QED) is 0.424. The molecule has 9 heteroatoms. The summed E-state index contributed by atoms with van der Waals surface area (Å²) in [5.74, 6) is 0.615. The lowest BCUT2D eigenvalue weighted by Gasteiger charge is -2.38. The fourth-order valence-corrected chi connectivity index (χ4v) is 5.63. The van der Waals surface area contributed by atoms with E-state index < -0.39 is 11.8 Å². The van der Waals surface area contributed by atoms with Crippen LogP contribution in [-0.2, 0) is 10.2 Å². The van der Waals surface area contributed by atoms with Crippen molar-refractivity contribution in [2.45, 2.75) is 31.1 Å². The van der Waals surface area contributed by atoms with Gasteiger partial charge in [-0.05, 0) is 70.2 Å². The van der Waals surface area contributed by atoms with E-state index >= 15 is 0 Å². The number of anilines is 1. The Morgan fingerprint density at radius 3 is 2.51 bits per heavy atom. The van der Waals surface area contributed by atoms with Gasteiger partial charge in [-0.25, -0.2) is 13.8 Å². The molecule has 0 aliphatic carbocycles. The molecule has 1 saturated heterocycles. The summed E-state index contributed by atoms with van der Waals surface area (Å²) in [6, 6.07) is 9.92. The first-order valence-electron chi connectivity index (χ1n) is 12.7. The Hall–Kier alpha value is -3.17. The Morgan fingerprint density at radius 1 is 1.08 bits per heavy atom. The number of fused-ring (bicyclic) bond motifs is 4. The Balaban J connectivity index is 1.44. The number of nitrogens with zero attached hydrogens (tertiary/aromatic N) is 5. The third-order valence-electron chi connectivity index (χ3n) is 7.58. The predicted octanol–water partition coefficient (Wildman–Crippen LogP) is 4.20. The highest BCUT2D eigenvalue weighted by molar-refractivity contribution is 6.12. The van der Waals surface area contributed by atoms with Gasteiger partial charge in [0.1, 0.15) is 0 Å². The number of carbonyl (C=O) groups is 1. The van der Waals surface area contributed by atoms with Gasteiger partial charge in [0.05, 0.1) is 36.0 Å². The zero-order valence-corrected chi connectivity index (χ0v) is 21.6. The van der Waals surface area contributed by atoms with Crippen LogP contribution in [0, 0.1) is 0 Å². The summed E-state index contributed by atoms with van der Waals surface area (Å²) < 4.78 is 31.7. The molecule has 0 saturated carbocycles. The summed E-state index contributed by atoms with van der Waals surface area (Å²) in [5, 5.41) is 0.930. The first-order valence-corrected chi connectivity index (χ1v) is 12.7. The smallest absolute Gasteiger partial charge is 0.251 e. The van der Waals surface area contributed by atoms with Gasteiger partial charge in [0.2, 0.25) is 11.8 Å². The summed E-state index contributed by atoms with van der Waals surface area (Å²) in [6.07, 6.45) is 3.14. The van der Waals surface area contributed by atoms with E-state index in [4.69, 9.17) is 4.74 Å². The van der Waals surface area contributed by atoms with Crippen molar-refractivity contribution in [1.29, 1.82) is 0 Å². The molecule has 0 bridgehead atoms. The minimum atomic E-state index is -2.38. The van der Waals surface area contributed by atoms with Crippen LogP contribution in [-0.4, -0.2) is 86.0 Å². The molecule has 1 spiro atoms. The van der Waals surface area contributed by atoms with E-state index in [0.717, 1.165) is 46.2 Å². The molecule has 1 fully saturated rings. The number of halogens is 2. The maximum atomic E-state index is 13.6. The van der Waals surface area contributed by atoms with Crippen LogP contribution in [0.1, 0.15) is 24.8 Å². The van der Waals surface area contributed by atoms with Gasteiger partial charge in [0.25, 0.3) is 6.43 Å². The second-order valence-electron chi connectivity index (χ2n) is 10.3. The van der Waals surface area contributed by atoms with E-state index in [0.29, 0.717) is 38.4 Å². The van der Waals surface area contributed by atoms with Crippen molar-refractivity contribution in [3.05, 3.63) is 48.3 Å². The fraction of sp³-hybridized carbons (Fsp3) is 0.464. The topological polar surface area (TPSA) is 61.8 Å². The van der Waals surface area contributed by atoms with E-state index in [1.807, 2.05) is 38.4 Å². The van der Waals surface area contributed by atoms with Gasteiger partial charge in [-0.1, -0.05) is 6.07 Å². The molecule has 0 N–H and O–H groups in total. The Morgan fingerprint density at radius 2 is 1.84 bits per heavy atom. The number of amides is 1. The van der Waals surface area contributed by atoms with Crippen molar-refractivity contribution in [2.75, 3.05) is 58.8 Å². The summed E-state index contributed by atoms with van der Waals surface area (Å²) in [5.41, 5.74) is 3.79. The number of hydrogen-bond donors (Lipinski definition) is 0. The number of aromatic nitrogens is 2. The number of alkyl halides is 2. The molecular formula is C28H33F2N5O2. The van der Waals surface area contributed by atoms with Crippen LogP contribution in [0.25, 0.3) is 22.0 Å². The van der Waals surface area contributed by atoms with E-state index in [1.54, 1.807) is 29.2 Å². The number of carbonyl (C=O) groups excluding carboxylic acids is 1. The zero-order valence-electron chi connectivity index (χ0n) is 21.6. The van der Waals surface area contributed by atoms with Crippen LogP contribution in [0.15, 0.2) is 42.7 Å². The minimum absolute atomic E-state index is 0.0244. The van der Waals surface area contributed by atoms with Crippen molar-refractivity contribution >= 4 is 22.5 Å². The van der Waals surface area contributed by atoms with Gasteiger partial charge in [-0.2, -0.15) is 0 Å². The zero-order chi connectivity index (χ0) is 26.2. The van der Waals surface area contributed by atoms with Gasteiger partial charge >= 0.3 is 0 Å². The number of likely N-dealkylation sites (N-methyl/N-ethyl adjacent to an activating group) is 1. The number of rotatable bonds is 8. The molecule has 2 aliphatic heterocycles. The number of piperidine rings is 1. The highest BCUT2D eigenvalue weighted by atomic mass is 19.3. The SMILES string of the molecule is CN(C)CCCOc1ccc(-c2ccc3ncc4c(c3c2)C2(CCN(CC(F)F)CC2)C(=O)N4C)cn1. The summed E-state index contributed by atoms with van der Waals surface area (Å²) in [6.45, 7) is 2.24. The monoisotopic (exact) mass is 509 g/mol. The lowest BCUT2D eigenvalue weighted by Crippen LogP contribution is -2.49. The van der Waals surface area contributed by atoms with Gasteiger partial charge in [0, 0.05) is 42.4 Å². The maximum absolute atomic E-state index is 13.6. The maximum Gasteiger partial charge on any atom is 0.251 e. The fourth-order valence-electron chi connectivity index (χ4n) is 5.63. The molecule has 3 aromatic rings. The van der Waals surface area contributed by atoms with Crippen LogP contribution < -0.4 is 9.64 Å². The first kappa shape index (κ1) is 25.5. The second kappa shape index (κ2) is 10.3. The molecule has 37 heavy (non-hydrogen) atoms. The lowest BCUT2D eigenvalue weighted by atomic mass is 9.72. The average molecular weight is 510 g/mol. The Labute approximate surface area is 216 Å². The van der Waals surface area contributed by atoms with E-state index in [1.165, 1.54) is 0 Å². The van der Waals surface area contributed by atoms with E-state index in [9.17, 15) is 13.6 Å². The molecular weight excluding hydrogens is 476 g/mol.